The molecule has 7 nitrogen and oxygen atoms in total. The molecule has 2 aliphatic rings. The second kappa shape index (κ2) is 10.6. The highest BCUT2D eigenvalue weighted by Gasteiger charge is 2.42. The van der Waals surface area contributed by atoms with Crippen LogP contribution in [0.2, 0.25) is 0 Å². The summed E-state index contributed by atoms with van der Waals surface area (Å²) in [7, 11) is 0. The Labute approximate surface area is 166 Å². The molecule has 2 fully saturated rings. The summed E-state index contributed by atoms with van der Waals surface area (Å²) in [6.07, 6.45) is 4.12. The molecule has 28 heavy (non-hydrogen) atoms. The topological polar surface area (TPSA) is 88.1 Å². The SMILES string of the molecule is C=C(C)C(=O)OC(CC(C)C)C1CC(CC(=O)OCOC2CCCC2)C(=O)O1. The molecule has 0 aromatic carbocycles. The van der Waals surface area contributed by atoms with Gasteiger partial charge in [0, 0.05) is 12.0 Å². The van der Waals surface area contributed by atoms with Gasteiger partial charge in [0.15, 0.2) is 6.79 Å². The maximum absolute atomic E-state index is 12.2. The second-order valence-electron chi connectivity index (χ2n) is 8.17. The lowest BCUT2D eigenvalue weighted by Crippen LogP contribution is -2.33. The van der Waals surface area contributed by atoms with Gasteiger partial charge in [-0.3, -0.25) is 9.59 Å². The highest BCUT2D eigenvalue weighted by molar-refractivity contribution is 5.87. The minimum atomic E-state index is -0.595. The van der Waals surface area contributed by atoms with Crippen LogP contribution in [0.4, 0.5) is 0 Å². The van der Waals surface area contributed by atoms with Gasteiger partial charge >= 0.3 is 17.9 Å². The lowest BCUT2D eigenvalue weighted by Gasteiger charge is -2.24. The van der Waals surface area contributed by atoms with Gasteiger partial charge in [-0.1, -0.05) is 33.3 Å². The highest BCUT2D eigenvalue weighted by atomic mass is 16.7. The molecule has 0 aromatic heterocycles. The van der Waals surface area contributed by atoms with Crippen LogP contribution in [0.25, 0.3) is 0 Å². The van der Waals surface area contributed by atoms with Crippen LogP contribution in [0, 0.1) is 11.8 Å². The fourth-order valence-electron chi connectivity index (χ4n) is 3.55. The zero-order valence-corrected chi connectivity index (χ0v) is 17.1. The molecule has 0 bridgehead atoms. The van der Waals surface area contributed by atoms with Crippen molar-refractivity contribution in [2.24, 2.45) is 11.8 Å². The van der Waals surface area contributed by atoms with E-state index in [0.717, 1.165) is 25.7 Å². The molecule has 0 N–H and O–H groups in total. The Balaban J connectivity index is 1.82. The molecular weight excluding hydrogens is 364 g/mol. The molecule has 1 aliphatic heterocycles. The van der Waals surface area contributed by atoms with E-state index in [2.05, 4.69) is 6.58 Å². The zero-order valence-electron chi connectivity index (χ0n) is 17.1. The molecule has 1 heterocycles. The van der Waals surface area contributed by atoms with Crippen molar-refractivity contribution in [3.63, 3.8) is 0 Å². The molecule has 3 unspecified atom stereocenters. The molecular formula is C21H32O7. The van der Waals surface area contributed by atoms with Gasteiger partial charge in [0.2, 0.25) is 0 Å². The van der Waals surface area contributed by atoms with Crippen molar-refractivity contribution in [3.05, 3.63) is 12.2 Å². The van der Waals surface area contributed by atoms with Crippen LogP contribution in [-0.2, 0) is 33.3 Å². The van der Waals surface area contributed by atoms with E-state index in [1.165, 1.54) is 0 Å². The molecule has 1 saturated heterocycles. The molecule has 2 rings (SSSR count). The number of ether oxygens (including phenoxy) is 4. The van der Waals surface area contributed by atoms with Crippen molar-refractivity contribution in [2.45, 2.75) is 84.0 Å². The second-order valence-corrected chi connectivity index (χ2v) is 8.17. The van der Waals surface area contributed by atoms with E-state index >= 15 is 0 Å². The Morgan fingerprint density at radius 1 is 1.25 bits per heavy atom. The first kappa shape index (κ1) is 22.4. The van der Waals surface area contributed by atoms with E-state index in [1.807, 2.05) is 13.8 Å². The van der Waals surface area contributed by atoms with Crippen molar-refractivity contribution < 1.29 is 33.3 Å². The fourth-order valence-corrected chi connectivity index (χ4v) is 3.55. The predicted octanol–water partition coefficient (Wildman–Crippen LogP) is 3.30. The molecule has 7 heteroatoms. The normalized spacial score (nSPS) is 23.5. The van der Waals surface area contributed by atoms with Crippen molar-refractivity contribution in [2.75, 3.05) is 6.79 Å². The third-order valence-electron chi connectivity index (χ3n) is 5.08. The Morgan fingerprint density at radius 3 is 2.54 bits per heavy atom. The van der Waals surface area contributed by atoms with Gasteiger partial charge in [-0.25, -0.2) is 4.79 Å². The third kappa shape index (κ3) is 6.93. The van der Waals surface area contributed by atoms with Gasteiger partial charge in [0.05, 0.1) is 18.4 Å². The van der Waals surface area contributed by atoms with Crippen LogP contribution in [-0.4, -0.2) is 43.0 Å². The van der Waals surface area contributed by atoms with E-state index in [0.29, 0.717) is 18.4 Å². The number of hydrogen-bond donors (Lipinski definition) is 0. The van der Waals surface area contributed by atoms with Crippen LogP contribution in [0.3, 0.4) is 0 Å². The summed E-state index contributed by atoms with van der Waals surface area (Å²) in [5.41, 5.74) is 0.292. The van der Waals surface area contributed by atoms with E-state index in [-0.39, 0.29) is 25.2 Å². The lowest BCUT2D eigenvalue weighted by atomic mass is 9.95. The zero-order chi connectivity index (χ0) is 20.7. The maximum atomic E-state index is 12.2. The van der Waals surface area contributed by atoms with Crippen LogP contribution >= 0.6 is 0 Å². The molecule has 3 atom stereocenters. The average Bonchev–Trinajstić information content (AvgIpc) is 3.24. The number of esters is 3. The number of hydrogen-bond acceptors (Lipinski definition) is 7. The van der Waals surface area contributed by atoms with Gasteiger partial charge in [-0.15, -0.1) is 0 Å². The number of cyclic esters (lactones) is 1. The quantitative estimate of drug-likeness (QED) is 0.242. The Bertz CT molecular complexity index is 577. The van der Waals surface area contributed by atoms with Crippen LogP contribution in [0.5, 0.6) is 0 Å². The monoisotopic (exact) mass is 396 g/mol. The van der Waals surface area contributed by atoms with Crippen molar-refractivity contribution >= 4 is 17.9 Å². The molecule has 0 amide bonds. The van der Waals surface area contributed by atoms with Gasteiger partial charge in [-0.2, -0.15) is 0 Å². The smallest absolute Gasteiger partial charge is 0.333 e. The Morgan fingerprint density at radius 2 is 1.93 bits per heavy atom. The van der Waals surface area contributed by atoms with Crippen molar-refractivity contribution in [3.8, 4) is 0 Å². The van der Waals surface area contributed by atoms with Gasteiger partial charge in [0.25, 0.3) is 0 Å². The fraction of sp³-hybridized carbons (Fsp3) is 0.762. The molecule has 0 spiro atoms. The third-order valence-corrected chi connectivity index (χ3v) is 5.08. The van der Waals surface area contributed by atoms with E-state index < -0.39 is 36.0 Å². The predicted molar refractivity (Wildman–Crippen MR) is 101 cm³/mol. The summed E-state index contributed by atoms with van der Waals surface area (Å²) in [4.78, 5) is 36.1. The minimum Gasteiger partial charge on any atom is -0.458 e. The molecule has 1 saturated carbocycles. The van der Waals surface area contributed by atoms with E-state index in [4.69, 9.17) is 18.9 Å². The van der Waals surface area contributed by atoms with Gasteiger partial charge in [0.1, 0.15) is 12.2 Å². The molecule has 1 aliphatic carbocycles. The van der Waals surface area contributed by atoms with Gasteiger partial charge < -0.3 is 18.9 Å². The largest absolute Gasteiger partial charge is 0.458 e. The summed E-state index contributed by atoms with van der Waals surface area (Å²) in [5.74, 6) is -1.80. The number of carbonyl (C=O) groups excluding carboxylic acids is 3. The van der Waals surface area contributed by atoms with Crippen molar-refractivity contribution in [1.29, 1.82) is 0 Å². The van der Waals surface area contributed by atoms with E-state index in [9.17, 15) is 14.4 Å². The molecule has 0 aromatic rings. The average molecular weight is 396 g/mol. The first-order valence-electron chi connectivity index (χ1n) is 10.1. The lowest BCUT2D eigenvalue weighted by molar-refractivity contribution is -0.164. The van der Waals surface area contributed by atoms with Crippen molar-refractivity contribution in [1.82, 2.24) is 0 Å². The summed E-state index contributed by atoms with van der Waals surface area (Å²) >= 11 is 0. The number of rotatable bonds is 10. The summed E-state index contributed by atoms with van der Waals surface area (Å²) < 4.78 is 21.5. The summed E-state index contributed by atoms with van der Waals surface area (Å²) in [6, 6.07) is 0. The van der Waals surface area contributed by atoms with E-state index in [1.54, 1.807) is 6.92 Å². The standard InChI is InChI=1S/C21H32O7/c1-13(2)9-17(27-20(23)14(3)4)18-10-15(21(24)28-18)11-19(22)26-12-25-16-7-5-6-8-16/h13,15-18H,3,5-12H2,1-2,4H3. The first-order chi connectivity index (χ1) is 13.3. The Kier molecular flexibility index (Phi) is 8.48. The highest BCUT2D eigenvalue weighted by Crippen LogP contribution is 2.30. The van der Waals surface area contributed by atoms with Crippen LogP contribution in [0.1, 0.15) is 65.7 Å². The summed E-state index contributed by atoms with van der Waals surface area (Å²) in [5, 5.41) is 0. The van der Waals surface area contributed by atoms with Crippen LogP contribution < -0.4 is 0 Å². The van der Waals surface area contributed by atoms with Gasteiger partial charge in [-0.05, 0) is 32.1 Å². The molecule has 0 radical (unpaired) electrons. The Hall–Kier alpha value is -1.89. The first-order valence-corrected chi connectivity index (χ1v) is 10.1. The molecule has 158 valence electrons. The van der Waals surface area contributed by atoms with Crippen LogP contribution in [0.15, 0.2) is 12.2 Å². The summed E-state index contributed by atoms with van der Waals surface area (Å²) in [6.45, 7) is 9.07. The maximum Gasteiger partial charge on any atom is 0.333 e. The minimum absolute atomic E-state index is 0.0633. The number of carbonyl (C=O) groups is 3.